The molecule has 0 saturated carbocycles. The van der Waals surface area contributed by atoms with Crippen LogP contribution in [0.3, 0.4) is 0 Å². The molecule has 11 heteroatoms. The van der Waals surface area contributed by atoms with E-state index in [0.717, 1.165) is 6.42 Å². The highest BCUT2D eigenvalue weighted by atomic mass is 32.2. The zero-order chi connectivity index (χ0) is 23.5. The summed E-state index contributed by atoms with van der Waals surface area (Å²) >= 11 is 0. The van der Waals surface area contributed by atoms with Gasteiger partial charge in [0.1, 0.15) is 0 Å². The molecule has 0 radical (unpaired) electrons. The Bertz CT molecular complexity index is 1210. The van der Waals surface area contributed by atoms with Gasteiger partial charge in [0.25, 0.3) is 0 Å². The van der Waals surface area contributed by atoms with Gasteiger partial charge >= 0.3 is 0 Å². The second kappa shape index (κ2) is 9.70. The lowest BCUT2D eigenvalue weighted by atomic mass is 10.3. The molecular formula is C22H26N2O7S2. The molecule has 0 aromatic heterocycles. The van der Waals surface area contributed by atoms with E-state index in [9.17, 15) is 21.6 Å². The van der Waals surface area contributed by atoms with Crippen LogP contribution in [-0.4, -0.2) is 77.1 Å². The molecule has 2 heterocycles. The van der Waals surface area contributed by atoms with Gasteiger partial charge in [0, 0.05) is 45.1 Å². The van der Waals surface area contributed by atoms with E-state index < -0.39 is 19.9 Å². The molecular weight excluding hydrogens is 468 g/mol. The smallest absolute Gasteiger partial charge is 0.243 e. The van der Waals surface area contributed by atoms with Crippen LogP contribution in [0.5, 0.6) is 11.5 Å². The molecule has 0 N–H and O–H groups in total. The van der Waals surface area contributed by atoms with Crippen LogP contribution in [0.2, 0.25) is 0 Å². The molecule has 4 rings (SSSR count). The number of carbonyl (C=O) groups is 1. The summed E-state index contributed by atoms with van der Waals surface area (Å²) in [6, 6.07) is 12.6. The number of ether oxygens (including phenoxy) is 2. The van der Waals surface area contributed by atoms with Crippen LogP contribution in [-0.2, 0) is 24.7 Å². The molecule has 2 aliphatic rings. The highest BCUT2D eigenvalue weighted by molar-refractivity contribution is 7.91. The molecule has 0 bridgehead atoms. The average molecular weight is 495 g/mol. The monoisotopic (exact) mass is 494 g/mol. The number of rotatable bonds is 6. The number of hydrogen-bond acceptors (Lipinski definition) is 7. The normalized spacial score (nSPS) is 17.4. The third-order valence-electron chi connectivity index (χ3n) is 5.64. The summed E-state index contributed by atoms with van der Waals surface area (Å²) in [4.78, 5) is 14.4. The van der Waals surface area contributed by atoms with Crippen molar-refractivity contribution < 1.29 is 31.1 Å². The highest BCUT2D eigenvalue weighted by Crippen LogP contribution is 2.33. The zero-order valence-electron chi connectivity index (χ0n) is 18.1. The number of hydrogen-bond donors (Lipinski definition) is 0. The van der Waals surface area contributed by atoms with E-state index in [1.807, 2.05) is 0 Å². The molecule has 2 aliphatic heterocycles. The van der Waals surface area contributed by atoms with Gasteiger partial charge in [-0.15, -0.1) is 0 Å². The van der Waals surface area contributed by atoms with E-state index in [2.05, 4.69) is 0 Å². The van der Waals surface area contributed by atoms with E-state index in [1.54, 1.807) is 24.3 Å². The SMILES string of the molecule is O=C(CCS(=O)(=O)c1ccccc1)N1CCN(S(=O)(=O)c2ccc3c(c2)OCCCO3)CC1. The van der Waals surface area contributed by atoms with E-state index in [1.165, 1.54) is 33.5 Å². The quantitative estimate of drug-likeness (QED) is 0.599. The summed E-state index contributed by atoms with van der Waals surface area (Å²) < 4.78 is 63.5. The summed E-state index contributed by atoms with van der Waals surface area (Å²) in [6.07, 6.45) is 0.575. The van der Waals surface area contributed by atoms with Crippen LogP contribution in [0, 0.1) is 0 Å². The first kappa shape index (κ1) is 23.5. The third-order valence-corrected chi connectivity index (χ3v) is 9.26. The van der Waals surface area contributed by atoms with Crippen LogP contribution in [0.15, 0.2) is 58.3 Å². The Morgan fingerprint density at radius 3 is 2.18 bits per heavy atom. The zero-order valence-corrected chi connectivity index (χ0v) is 19.7. The van der Waals surface area contributed by atoms with Gasteiger partial charge in [0.15, 0.2) is 21.3 Å². The van der Waals surface area contributed by atoms with Gasteiger partial charge in [-0.25, -0.2) is 16.8 Å². The first-order valence-corrected chi connectivity index (χ1v) is 13.8. The molecule has 0 spiro atoms. The predicted octanol–water partition coefficient (Wildman–Crippen LogP) is 1.54. The fourth-order valence-corrected chi connectivity index (χ4v) is 6.45. The van der Waals surface area contributed by atoms with E-state index >= 15 is 0 Å². The number of benzene rings is 2. The third kappa shape index (κ3) is 5.31. The minimum absolute atomic E-state index is 0.112. The topological polar surface area (TPSA) is 110 Å². The van der Waals surface area contributed by atoms with Crippen molar-refractivity contribution in [2.75, 3.05) is 45.1 Å². The molecule has 1 amide bonds. The van der Waals surface area contributed by atoms with E-state index in [4.69, 9.17) is 9.47 Å². The molecule has 0 unspecified atom stereocenters. The Morgan fingerprint density at radius 2 is 1.48 bits per heavy atom. The van der Waals surface area contributed by atoms with Crippen LogP contribution in [0.1, 0.15) is 12.8 Å². The number of nitrogens with zero attached hydrogens (tertiary/aromatic N) is 2. The molecule has 2 aromatic rings. The molecule has 0 atom stereocenters. The Kier molecular flexibility index (Phi) is 6.91. The number of fused-ring (bicyclic) bond motifs is 1. The lowest BCUT2D eigenvalue weighted by Gasteiger charge is -2.34. The van der Waals surface area contributed by atoms with E-state index in [0.29, 0.717) is 24.7 Å². The van der Waals surface area contributed by atoms with Gasteiger partial charge in [-0.05, 0) is 24.3 Å². The van der Waals surface area contributed by atoms with E-state index in [-0.39, 0.29) is 54.1 Å². The average Bonchev–Trinajstić information content (AvgIpc) is 3.08. The standard InChI is InChI=1S/C22H26N2O7S2/c25-22(9-16-32(26,27)18-5-2-1-3-6-18)23-10-12-24(13-11-23)33(28,29)19-7-8-20-21(17-19)31-15-4-14-30-20/h1-3,5-8,17H,4,9-16H2. The lowest BCUT2D eigenvalue weighted by molar-refractivity contribution is -0.131. The van der Waals surface area contributed by atoms with Crippen LogP contribution < -0.4 is 9.47 Å². The molecule has 1 fully saturated rings. The second-order valence-electron chi connectivity index (χ2n) is 7.83. The number of sulfonamides is 1. The van der Waals surface area contributed by atoms with Crippen molar-refractivity contribution >= 4 is 25.8 Å². The van der Waals surface area contributed by atoms with Crippen molar-refractivity contribution in [3.05, 3.63) is 48.5 Å². The highest BCUT2D eigenvalue weighted by Gasteiger charge is 2.31. The largest absolute Gasteiger partial charge is 0.490 e. The lowest BCUT2D eigenvalue weighted by Crippen LogP contribution is -2.50. The van der Waals surface area contributed by atoms with Gasteiger partial charge in [-0.1, -0.05) is 18.2 Å². The van der Waals surface area contributed by atoms with Gasteiger partial charge < -0.3 is 14.4 Å². The Morgan fingerprint density at radius 1 is 0.818 bits per heavy atom. The van der Waals surface area contributed by atoms with Crippen molar-refractivity contribution in [3.8, 4) is 11.5 Å². The van der Waals surface area contributed by atoms with Crippen LogP contribution in [0.25, 0.3) is 0 Å². The fraction of sp³-hybridized carbons (Fsp3) is 0.409. The summed E-state index contributed by atoms with van der Waals surface area (Å²) in [6.45, 7) is 1.64. The molecule has 0 aliphatic carbocycles. The van der Waals surface area contributed by atoms with Crippen LogP contribution in [0.4, 0.5) is 0 Å². The number of piperazine rings is 1. The first-order chi connectivity index (χ1) is 15.8. The number of amides is 1. The summed E-state index contributed by atoms with van der Waals surface area (Å²) in [5.41, 5.74) is 0. The maximum atomic E-state index is 13.1. The summed E-state index contributed by atoms with van der Waals surface area (Å²) in [7, 11) is -7.31. The second-order valence-corrected chi connectivity index (χ2v) is 11.9. The molecule has 178 valence electrons. The van der Waals surface area contributed by atoms with Gasteiger partial charge in [0.05, 0.1) is 28.8 Å². The van der Waals surface area contributed by atoms with Gasteiger partial charge in [-0.3, -0.25) is 4.79 Å². The molecule has 9 nitrogen and oxygen atoms in total. The fourth-order valence-electron chi connectivity index (χ4n) is 3.76. The van der Waals surface area contributed by atoms with Crippen molar-refractivity contribution in [2.45, 2.75) is 22.6 Å². The summed E-state index contributed by atoms with van der Waals surface area (Å²) in [5, 5.41) is 0. The van der Waals surface area contributed by atoms with Gasteiger partial charge in [-0.2, -0.15) is 4.31 Å². The number of sulfone groups is 1. The molecule has 33 heavy (non-hydrogen) atoms. The van der Waals surface area contributed by atoms with Crippen molar-refractivity contribution in [1.82, 2.24) is 9.21 Å². The predicted molar refractivity (Wildman–Crippen MR) is 120 cm³/mol. The Balaban J connectivity index is 1.35. The maximum absolute atomic E-state index is 13.1. The minimum Gasteiger partial charge on any atom is -0.490 e. The Hall–Kier alpha value is -2.63. The minimum atomic E-state index is -3.76. The van der Waals surface area contributed by atoms with Crippen molar-refractivity contribution in [1.29, 1.82) is 0 Å². The molecule has 1 saturated heterocycles. The first-order valence-electron chi connectivity index (χ1n) is 10.7. The van der Waals surface area contributed by atoms with Crippen molar-refractivity contribution in [3.63, 3.8) is 0 Å². The molecule has 2 aromatic carbocycles. The Labute approximate surface area is 193 Å². The summed E-state index contributed by atoms with van der Waals surface area (Å²) in [5.74, 6) is 0.336. The van der Waals surface area contributed by atoms with Gasteiger partial charge in [0.2, 0.25) is 15.9 Å². The van der Waals surface area contributed by atoms with Crippen LogP contribution >= 0.6 is 0 Å². The van der Waals surface area contributed by atoms with Crippen molar-refractivity contribution in [2.24, 2.45) is 0 Å². The maximum Gasteiger partial charge on any atom is 0.243 e. The number of carbonyl (C=O) groups excluding carboxylic acids is 1.